The summed E-state index contributed by atoms with van der Waals surface area (Å²) in [6, 6.07) is 9.07. The summed E-state index contributed by atoms with van der Waals surface area (Å²) in [7, 11) is 0. The van der Waals surface area contributed by atoms with Gasteiger partial charge in [-0.3, -0.25) is 0 Å². The average molecular weight is 217 g/mol. The summed E-state index contributed by atoms with van der Waals surface area (Å²) in [6.07, 6.45) is 1.87. The fourth-order valence-electron chi connectivity index (χ4n) is 1.10. The van der Waals surface area contributed by atoms with E-state index in [2.05, 4.69) is 16.3 Å². The Bertz CT molecular complexity index is 498. The summed E-state index contributed by atoms with van der Waals surface area (Å²) >= 11 is 1.40. The highest BCUT2D eigenvalue weighted by atomic mass is 32.2. The second kappa shape index (κ2) is 4.15. The summed E-state index contributed by atoms with van der Waals surface area (Å²) in [5.41, 5.74) is 1.44. The number of hydrogen-bond donors (Lipinski definition) is 0. The molecule has 1 heterocycles. The Hall–Kier alpha value is -1.80. The molecule has 0 radical (unpaired) electrons. The molecule has 0 unspecified atom stereocenters. The number of rotatable bonds is 2. The van der Waals surface area contributed by atoms with Crippen molar-refractivity contribution in [3.8, 4) is 17.5 Å². The molecule has 2 rings (SSSR count). The predicted octanol–water partition coefficient (Wildman–Crippen LogP) is 2.33. The Morgan fingerprint density at radius 3 is 2.53 bits per heavy atom. The highest BCUT2D eigenvalue weighted by Gasteiger charge is 2.06. The fourth-order valence-corrected chi connectivity index (χ4v) is 1.38. The Kier molecular flexibility index (Phi) is 2.70. The van der Waals surface area contributed by atoms with Gasteiger partial charge in [0.1, 0.15) is 0 Å². The lowest BCUT2D eigenvalue weighted by molar-refractivity contribution is 0.466. The molecular weight excluding hydrogens is 210 g/mol. The SMILES string of the molecule is CSc1nnc(-c2ccc(C#N)cc2)o1. The van der Waals surface area contributed by atoms with E-state index in [4.69, 9.17) is 9.68 Å². The molecule has 0 saturated carbocycles. The molecule has 0 amide bonds. The highest BCUT2D eigenvalue weighted by molar-refractivity contribution is 7.98. The minimum absolute atomic E-state index is 0.476. The van der Waals surface area contributed by atoms with Crippen molar-refractivity contribution in [2.45, 2.75) is 5.22 Å². The topological polar surface area (TPSA) is 62.7 Å². The van der Waals surface area contributed by atoms with Crippen LogP contribution >= 0.6 is 11.8 Å². The molecule has 0 bridgehead atoms. The molecule has 2 aromatic rings. The van der Waals surface area contributed by atoms with E-state index in [0.29, 0.717) is 16.7 Å². The maximum atomic E-state index is 8.64. The van der Waals surface area contributed by atoms with Crippen LogP contribution in [0.15, 0.2) is 33.9 Å². The van der Waals surface area contributed by atoms with Crippen molar-refractivity contribution in [3.63, 3.8) is 0 Å². The van der Waals surface area contributed by atoms with Crippen molar-refractivity contribution < 1.29 is 4.42 Å². The lowest BCUT2D eigenvalue weighted by Crippen LogP contribution is -1.78. The van der Waals surface area contributed by atoms with Crippen LogP contribution in [0.25, 0.3) is 11.5 Å². The maximum absolute atomic E-state index is 8.64. The quantitative estimate of drug-likeness (QED) is 0.722. The monoisotopic (exact) mass is 217 g/mol. The van der Waals surface area contributed by atoms with Gasteiger partial charge in [-0.2, -0.15) is 5.26 Å². The molecule has 15 heavy (non-hydrogen) atoms. The fraction of sp³-hybridized carbons (Fsp3) is 0.100. The number of nitrogens with zero attached hydrogens (tertiary/aromatic N) is 3. The molecule has 0 atom stereocenters. The largest absolute Gasteiger partial charge is 0.411 e. The number of aromatic nitrogens is 2. The van der Waals surface area contributed by atoms with Gasteiger partial charge in [-0.25, -0.2) is 0 Å². The first-order valence-electron chi connectivity index (χ1n) is 4.21. The van der Waals surface area contributed by atoms with Gasteiger partial charge in [-0.15, -0.1) is 10.2 Å². The summed E-state index contributed by atoms with van der Waals surface area (Å²) in [4.78, 5) is 0. The zero-order valence-electron chi connectivity index (χ0n) is 7.97. The zero-order valence-corrected chi connectivity index (χ0v) is 8.78. The van der Waals surface area contributed by atoms with Crippen molar-refractivity contribution in [3.05, 3.63) is 29.8 Å². The lowest BCUT2D eigenvalue weighted by Gasteiger charge is -1.93. The van der Waals surface area contributed by atoms with Gasteiger partial charge < -0.3 is 4.42 Å². The van der Waals surface area contributed by atoms with E-state index in [1.807, 2.05) is 6.26 Å². The number of hydrogen-bond acceptors (Lipinski definition) is 5. The minimum Gasteiger partial charge on any atom is -0.411 e. The van der Waals surface area contributed by atoms with Gasteiger partial charge in [0, 0.05) is 5.56 Å². The summed E-state index contributed by atoms with van der Waals surface area (Å²) in [5.74, 6) is 0.476. The van der Waals surface area contributed by atoms with Gasteiger partial charge >= 0.3 is 0 Å². The van der Waals surface area contributed by atoms with Crippen molar-refractivity contribution in [2.75, 3.05) is 6.26 Å². The van der Waals surface area contributed by atoms with Crippen LogP contribution in [0.2, 0.25) is 0 Å². The van der Waals surface area contributed by atoms with E-state index < -0.39 is 0 Å². The molecule has 0 aliphatic heterocycles. The van der Waals surface area contributed by atoms with E-state index >= 15 is 0 Å². The second-order valence-corrected chi connectivity index (χ2v) is 3.52. The minimum atomic E-state index is 0.476. The van der Waals surface area contributed by atoms with Crippen LogP contribution < -0.4 is 0 Å². The summed E-state index contributed by atoms with van der Waals surface area (Å²) < 4.78 is 5.35. The zero-order chi connectivity index (χ0) is 10.7. The third kappa shape index (κ3) is 2.00. The molecule has 5 heteroatoms. The Morgan fingerprint density at radius 2 is 2.00 bits per heavy atom. The first-order valence-corrected chi connectivity index (χ1v) is 5.44. The van der Waals surface area contributed by atoms with Gasteiger partial charge in [0.2, 0.25) is 5.89 Å². The average Bonchev–Trinajstić information content (AvgIpc) is 2.78. The van der Waals surface area contributed by atoms with Gasteiger partial charge in [-0.1, -0.05) is 11.8 Å². The normalized spacial score (nSPS) is 9.87. The van der Waals surface area contributed by atoms with E-state index in [1.54, 1.807) is 24.3 Å². The highest BCUT2D eigenvalue weighted by Crippen LogP contribution is 2.21. The molecule has 0 N–H and O–H groups in total. The third-order valence-electron chi connectivity index (χ3n) is 1.84. The van der Waals surface area contributed by atoms with Crippen molar-refractivity contribution in [1.82, 2.24) is 10.2 Å². The van der Waals surface area contributed by atoms with Crippen LogP contribution in [-0.4, -0.2) is 16.5 Å². The molecule has 0 spiro atoms. The molecule has 1 aromatic carbocycles. The third-order valence-corrected chi connectivity index (χ3v) is 2.36. The molecule has 4 nitrogen and oxygen atoms in total. The standard InChI is InChI=1S/C10H7N3OS/c1-15-10-13-12-9(14-10)8-4-2-7(6-11)3-5-8/h2-5H,1H3. The van der Waals surface area contributed by atoms with Crippen molar-refractivity contribution in [2.24, 2.45) is 0 Å². The van der Waals surface area contributed by atoms with Crippen LogP contribution in [0.4, 0.5) is 0 Å². The number of nitriles is 1. The van der Waals surface area contributed by atoms with Crippen molar-refractivity contribution >= 4 is 11.8 Å². The lowest BCUT2D eigenvalue weighted by atomic mass is 10.1. The molecule has 0 fully saturated rings. The Morgan fingerprint density at radius 1 is 1.27 bits per heavy atom. The molecule has 0 aliphatic carbocycles. The van der Waals surface area contributed by atoms with Gasteiger partial charge in [-0.05, 0) is 30.5 Å². The molecule has 74 valence electrons. The van der Waals surface area contributed by atoms with Gasteiger partial charge in [0.15, 0.2) is 0 Å². The first-order chi connectivity index (χ1) is 7.33. The Labute approximate surface area is 90.9 Å². The molecule has 0 saturated heterocycles. The number of thioether (sulfide) groups is 1. The van der Waals surface area contributed by atoms with E-state index in [0.717, 1.165) is 5.56 Å². The van der Waals surface area contributed by atoms with Crippen LogP contribution in [0, 0.1) is 11.3 Å². The summed E-state index contributed by atoms with van der Waals surface area (Å²) in [6.45, 7) is 0. The molecule has 1 aromatic heterocycles. The molecular formula is C10H7N3OS. The maximum Gasteiger partial charge on any atom is 0.276 e. The molecule has 0 aliphatic rings. The van der Waals surface area contributed by atoms with E-state index in [1.165, 1.54) is 11.8 Å². The van der Waals surface area contributed by atoms with Crippen LogP contribution in [-0.2, 0) is 0 Å². The van der Waals surface area contributed by atoms with E-state index in [9.17, 15) is 0 Å². The van der Waals surface area contributed by atoms with E-state index in [-0.39, 0.29) is 0 Å². The van der Waals surface area contributed by atoms with Gasteiger partial charge in [0.25, 0.3) is 5.22 Å². The second-order valence-electron chi connectivity index (χ2n) is 2.77. The van der Waals surface area contributed by atoms with Crippen molar-refractivity contribution in [1.29, 1.82) is 5.26 Å². The van der Waals surface area contributed by atoms with Gasteiger partial charge in [0.05, 0.1) is 11.6 Å². The first kappa shape index (κ1) is 9.74. The Balaban J connectivity index is 2.33. The van der Waals surface area contributed by atoms with Crippen LogP contribution in [0.1, 0.15) is 5.56 Å². The summed E-state index contributed by atoms with van der Waals surface area (Å²) in [5, 5.41) is 16.9. The van der Waals surface area contributed by atoms with Crippen LogP contribution in [0.5, 0.6) is 0 Å². The number of benzene rings is 1. The smallest absolute Gasteiger partial charge is 0.276 e. The van der Waals surface area contributed by atoms with Crippen LogP contribution in [0.3, 0.4) is 0 Å². The predicted molar refractivity (Wildman–Crippen MR) is 56.2 cm³/mol.